The van der Waals surface area contributed by atoms with Crippen molar-refractivity contribution in [3.8, 4) is 0 Å². The first-order valence-corrected chi connectivity index (χ1v) is 11.8. The summed E-state index contributed by atoms with van der Waals surface area (Å²) >= 11 is 0. The quantitative estimate of drug-likeness (QED) is 0.282. The van der Waals surface area contributed by atoms with Crippen LogP contribution in [0.2, 0.25) is 0 Å². The van der Waals surface area contributed by atoms with Gasteiger partial charge >= 0.3 is 0 Å². The molecule has 2 atom stereocenters. The number of hydrogen-bond acceptors (Lipinski definition) is 4. The molecule has 1 saturated heterocycles. The van der Waals surface area contributed by atoms with Crippen molar-refractivity contribution < 1.29 is 9.21 Å². The van der Waals surface area contributed by atoms with Crippen LogP contribution in [0.3, 0.4) is 0 Å². The standard InChI is InChI=1S/C23H39N5O2.HI/c1-4-24-23(25-16-20(27(5-2)6-3)21-12-9-15-30-21)26-19-13-14-28(17-19)22(29)18-10-7-8-11-18;/h9,12,15,18-20H,4-8,10-11,13-14,16-17H2,1-3H3,(H2,24,25,26);1H. The van der Waals surface area contributed by atoms with E-state index in [1.807, 2.05) is 12.1 Å². The number of carbonyl (C=O) groups excluding carboxylic acids is 1. The van der Waals surface area contributed by atoms with E-state index < -0.39 is 0 Å². The zero-order valence-electron chi connectivity index (χ0n) is 19.3. The van der Waals surface area contributed by atoms with Crippen LogP contribution in [0.25, 0.3) is 0 Å². The number of guanidine groups is 1. The summed E-state index contributed by atoms with van der Waals surface area (Å²) < 4.78 is 5.70. The molecule has 31 heavy (non-hydrogen) atoms. The molecule has 3 rings (SSSR count). The predicted molar refractivity (Wildman–Crippen MR) is 136 cm³/mol. The molecule has 1 aromatic rings. The van der Waals surface area contributed by atoms with E-state index >= 15 is 0 Å². The molecule has 2 unspecified atom stereocenters. The highest BCUT2D eigenvalue weighted by Crippen LogP contribution is 2.28. The van der Waals surface area contributed by atoms with Crippen LogP contribution in [0, 0.1) is 5.92 Å². The number of nitrogens with one attached hydrogen (secondary N) is 2. The molecule has 0 spiro atoms. The van der Waals surface area contributed by atoms with Gasteiger partial charge in [0.1, 0.15) is 5.76 Å². The number of nitrogens with zero attached hydrogens (tertiary/aromatic N) is 3. The summed E-state index contributed by atoms with van der Waals surface area (Å²) in [4.78, 5) is 22.0. The first-order chi connectivity index (χ1) is 14.7. The molecule has 1 aromatic heterocycles. The highest BCUT2D eigenvalue weighted by molar-refractivity contribution is 14.0. The molecule has 8 heteroatoms. The van der Waals surface area contributed by atoms with Gasteiger partial charge in [-0.15, -0.1) is 24.0 Å². The number of likely N-dealkylation sites (N-methyl/N-ethyl adjacent to an activating group) is 1. The van der Waals surface area contributed by atoms with E-state index in [0.29, 0.717) is 12.5 Å². The van der Waals surface area contributed by atoms with E-state index in [2.05, 4.69) is 41.2 Å². The molecule has 1 amide bonds. The third kappa shape index (κ3) is 7.10. The van der Waals surface area contributed by atoms with E-state index in [-0.39, 0.29) is 42.0 Å². The Morgan fingerprint density at radius 2 is 2.00 bits per heavy atom. The predicted octanol–water partition coefficient (Wildman–Crippen LogP) is 3.63. The maximum Gasteiger partial charge on any atom is 0.225 e. The maximum absolute atomic E-state index is 12.7. The summed E-state index contributed by atoms with van der Waals surface area (Å²) in [7, 11) is 0. The van der Waals surface area contributed by atoms with Gasteiger partial charge < -0.3 is 20.0 Å². The summed E-state index contributed by atoms with van der Waals surface area (Å²) in [5.74, 6) is 2.39. The summed E-state index contributed by atoms with van der Waals surface area (Å²) in [6.45, 7) is 11.4. The molecule has 0 bridgehead atoms. The number of carbonyl (C=O) groups is 1. The van der Waals surface area contributed by atoms with E-state index in [4.69, 9.17) is 9.41 Å². The van der Waals surface area contributed by atoms with E-state index in [1.165, 1.54) is 12.8 Å². The fraction of sp³-hybridized carbons (Fsp3) is 0.739. The summed E-state index contributed by atoms with van der Waals surface area (Å²) in [6, 6.07) is 4.34. The number of amides is 1. The molecule has 2 aliphatic rings. The van der Waals surface area contributed by atoms with Gasteiger partial charge in [0.2, 0.25) is 5.91 Å². The molecule has 0 aromatic carbocycles. The van der Waals surface area contributed by atoms with Crippen LogP contribution < -0.4 is 10.6 Å². The van der Waals surface area contributed by atoms with Crippen molar-refractivity contribution in [3.63, 3.8) is 0 Å². The maximum atomic E-state index is 12.7. The molecule has 1 saturated carbocycles. The average molecular weight is 546 g/mol. The average Bonchev–Trinajstić information content (AvgIpc) is 3.53. The third-order valence-corrected chi connectivity index (χ3v) is 6.44. The first-order valence-electron chi connectivity index (χ1n) is 11.8. The van der Waals surface area contributed by atoms with Gasteiger partial charge in [0.05, 0.1) is 18.8 Å². The lowest BCUT2D eigenvalue weighted by molar-refractivity contribution is -0.134. The molecule has 1 aliphatic heterocycles. The van der Waals surface area contributed by atoms with E-state index in [1.54, 1.807) is 6.26 Å². The molecular weight excluding hydrogens is 505 g/mol. The molecule has 1 aliphatic carbocycles. The Kier molecular flexibility index (Phi) is 11.1. The van der Waals surface area contributed by atoms with Crippen LogP contribution in [0.4, 0.5) is 0 Å². The van der Waals surface area contributed by atoms with Gasteiger partial charge in [-0.1, -0.05) is 26.7 Å². The van der Waals surface area contributed by atoms with Crippen molar-refractivity contribution >= 4 is 35.8 Å². The van der Waals surface area contributed by atoms with Gasteiger partial charge in [-0.3, -0.25) is 14.7 Å². The van der Waals surface area contributed by atoms with Gasteiger partial charge in [0.25, 0.3) is 0 Å². The molecule has 0 radical (unpaired) electrons. The van der Waals surface area contributed by atoms with Crippen molar-refractivity contribution in [3.05, 3.63) is 24.2 Å². The van der Waals surface area contributed by atoms with Gasteiger partial charge in [-0.25, -0.2) is 0 Å². The molecule has 2 fully saturated rings. The SMILES string of the molecule is CCNC(=NCC(c1ccco1)N(CC)CC)NC1CCN(C(=O)C2CCCC2)C1.I. The minimum absolute atomic E-state index is 0. The first kappa shape index (κ1) is 26.0. The molecule has 2 heterocycles. The zero-order valence-corrected chi connectivity index (χ0v) is 21.6. The van der Waals surface area contributed by atoms with E-state index in [9.17, 15) is 4.79 Å². The topological polar surface area (TPSA) is 73.1 Å². The number of halogens is 1. The third-order valence-electron chi connectivity index (χ3n) is 6.44. The van der Waals surface area contributed by atoms with Crippen molar-refractivity contribution in [2.75, 3.05) is 39.3 Å². The Labute approximate surface area is 204 Å². The van der Waals surface area contributed by atoms with Gasteiger partial charge in [-0.05, 0) is 51.4 Å². The number of aliphatic imine (C=N–C) groups is 1. The molecule has 176 valence electrons. The van der Waals surface area contributed by atoms with Crippen molar-refractivity contribution in [1.29, 1.82) is 0 Å². The smallest absolute Gasteiger partial charge is 0.225 e. The van der Waals surface area contributed by atoms with Crippen molar-refractivity contribution in [1.82, 2.24) is 20.4 Å². The number of hydrogen-bond donors (Lipinski definition) is 2. The van der Waals surface area contributed by atoms with Crippen molar-refractivity contribution in [2.24, 2.45) is 10.9 Å². The van der Waals surface area contributed by atoms with Gasteiger partial charge in [-0.2, -0.15) is 0 Å². The molecular formula is C23H40IN5O2. The lowest BCUT2D eigenvalue weighted by Gasteiger charge is -2.27. The van der Waals surface area contributed by atoms with Crippen LogP contribution in [0.5, 0.6) is 0 Å². The Balaban J connectivity index is 0.00000341. The second-order valence-corrected chi connectivity index (χ2v) is 8.37. The Morgan fingerprint density at radius 1 is 1.26 bits per heavy atom. The van der Waals surface area contributed by atoms with Crippen molar-refractivity contribution in [2.45, 2.75) is 65.0 Å². The minimum Gasteiger partial charge on any atom is -0.468 e. The number of furan rings is 1. The van der Waals surface area contributed by atoms with Crippen LogP contribution in [-0.4, -0.2) is 67.0 Å². The van der Waals surface area contributed by atoms with Gasteiger partial charge in [0.15, 0.2) is 5.96 Å². The summed E-state index contributed by atoms with van der Waals surface area (Å²) in [6.07, 6.45) is 7.24. The molecule has 2 N–H and O–H groups in total. The second-order valence-electron chi connectivity index (χ2n) is 8.37. The monoisotopic (exact) mass is 545 g/mol. The highest BCUT2D eigenvalue weighted by Gasteiger charge is 2.32. The fourth-order valence-corrected chi connectivity index (χ4v) is 4.73. The van der Waals surface area contributed by atoms with Crippen LogP contribution in [0.1, 0.15) is 64.7 Å². The number of likely N-dealkylation sites (tertiary alicyclic amines) is 1. The highest BCUT2D eigenvalue weighted by atomic mass is 127. The fourth-order valence-electron chi connectivity index (χ4n) is 4.73. The van der Waals surface area contributed by atoms with Crippen LogP contribution in [0.15, 0.2) is 27.8 Å². The Bertz CT molecular complexity index is 672. The summed E-state index contributed by atoms with van der Waals surface area (Å²) in [5, 5.41) is 6.93. The zero-order chi connectivity index (χ0) is 21.3. The van der Waals surface area contributed by atoms with Crippen LogP contribution in [-0.2, 0) is 4.79 Å². The number of rotatable bonds is 9. The minimum atomic E-state index is 0. The second kappa shape index (κ2) is 13.3. The Morgan fingerprint density at radius 3 is 2.61 bits per heavy atom. The molecule has 7 nitrogen and oxygen atoms in total. The lowest BCUT2D eigenvalue weighted by atomic mass is 10.1. The summed E-state index contributed by atoms with van der Waals surface area (Å²) in [5.41, 5.74) is 0. The van der Waals surface area contributed by atoms with Crippen LogP contribution >= 0.6 is 24.0 Å². The Hall–Kier alpha value is -1.29. The lowest BCUT2D eigenvalue weighted by Crippen LogP contribution is -2.45. The normalized spacial score (nSPS) is 20.7. The van der Waals surface area contributed by atoms with E-state index in [0.717, 1.165) is 63.7 Å². The van der Waals surface area contributed by atoms with Gasteiger partial charge in [0, 0.05) is 31.6 Å². The largest absolute Gasteiger partial charge is 0.468 e.